The molecule has 0 radical (unpaired) electrons. The first kappa shape index (κ1) is 14.0. The normalized spacial score (nSPS) is 14.2. The summed E-state index contributed by atoms with van der Waals surface area (Å²) in [5.41, 5.74) is 6.67. The van der Waals surface area contributed by atoms with Gasteiger partial charge >= 0.3 is 0 Å². The molecule has 0 aromatic heterocycles. The minimum Gasteiger partial charge on any atom is -0.341 e. The van der Waals surface area contributed by atoms with E-state index in [1.54, 1.807) is 11.9 Å². The highest BCUT2D eigenvalue weighted by atomic mass is 35.5. The molecule has 2 atom stereocenters. The number of carbonyl (C=O) groups is 1. The van der Waals surface area contributed by atoms with Gasteiger partial charge in [0, 0.05) is 24.7 Å². The molecule has 4 heteroatoms. The second-order valence-corrected chi connectivity index (χ2v) is 4.84. The SMILES string of the molecule is CC(N)C(C)C(=O)N(C)Cc1ccccc1Cl. The molecule has 0 saturated carbocycles. The molecule has 1 rings (SSSR count). The van der Waals surface area contributed by atoms with Crippen molar-refractivity contribution >= 4 is 17.5 Å². The maximum Gasteiger partial charge on any atom is 0.226 e. The average Bonchev–Trinajstić information content (AvgIpc) is 2.30. The number of nitrogens with two attached hydrogens (primary N) is 1. The highest BCUT2D eigenvalue weighted by Gasteiger charge is 2.21. The van der Waals surface area contributed by atoms with Gasteiger partial charge in [-0.25, -0.2) is 0 Å². The van der Waals surface area contributed by atoms with Crippen LogP contribution < -0.4 is 5.73 Å². The van der Waals surface area contributed by atoms with Gasteiger partial charge in [0.2, 0.25) is 5.91 Å². The van der Waals surface area contributed by atoms with Crippen molar-refractivity contribution in [2.24, 2.45) is 11.7 Å². The maximum absolute atomic E-state index is 12.0. The fourth-order valence-corrected chi connectivity index (χ4v) is 1.73. The summed E-state index contributed by atoms with van der Waals surface area (Å²) in [4.78, 5) is 13.7. The number of halogens is 1. The van der Waals surface area contributed by atoms with E-state index in [0.717, 1.165) is 5.56 Å². The van der Waals surface area contributed by atoms with Crippen LogP contribution in [0, 0.1) is 5.92 Å². The van der Waals surface area contributed by atoms with Gasteiger partial charge in [0.25, 0.3) is 0 Å². The maximum atomic E-state index is 12.0. The van der Waals surface area contributed by atoms with Crippen LogP contribution in [-0.4, -0.2) is 23.9 Å². The van der Waals surface area contributed by atoms with Crippen molar-refractivity contribution in [2.45, 2.75) is 26.4 Å². The third-order valence-electron chi connectivity index (χ3n) is 2.92. The Morgan fingerprint density at radius 2 is 2.00 bits per heavy atom. The summed E-state index contributed by atoms with van der Waals surface area (Å²) in [6.45, 7) is 4.19. The molecule has 0 aliphatic carbocycles. The highest BCUT2D eigenvalue weighted by molar-refractivity contribution is 6.31. The lowest BCUT2D eigenvalue weighted by molar-refractivity contribution is -0.134. The number of carbonyl (C=O) groups excluding carboxylic acids is 1. The van der Waals surface area contributed by atoms with E-state index < -0.39 is 0 Å². The zero-order valence-electron chi connectivity index (χ0n) is 10.5. The first-order valence-electron chi connectivity index (χ1n) is 5.67. The molecule has 3 nitrogen and oxygen atoms in total. The Morgan fingerprint density at radius 1 is 1.41 bits per heavy atom. The van der Waals surface area contributed by atoms with Gasteiger partial charge < -0.3 is 10.6 Å². The average molecular weight is 255 g/mol. The fourth-order valence-electron chi connectivity index (χ4n) is 1.53. The van der Waals surface area contributed by atoms with Crippen molar-refractivity contribution in [3.05, 3.63) is 34.9 Å². The third-order valence-corrected chi connectivity index (χ3v) is 3.29. The van der Waals surface area contributed by atoms with Gasteiger partial charge in [-0.15, -0.1) is 0 Å². The standard InChI is InChI=1S/C13H19ClN2O/c1-9(10(2)15)13(17)16(3)8-11-6-4-5-7-12(11)14/h4-7,9-10H,8,15H2,1-3H3. The Hall–Kier alpha value is -1.06. The lowest BCUT2D eigenvalue weighted by Gasteiger charge is -2.23. The second kappa shape index (κ2) is 6.03. The van der Waals surface area contributed by atoms with Crippen molar-refractivity contribution < 1.29 is 4.79 Å². The zero-order valence-corrected chi connectivity index (χ0v) is 11.2. The lowest BCUT2D eigenvalue weighted by Crippen LogP contribution is -2.39. The topological polar surface area (TPSA) is 46.3 Å². The monoisotopic (exact) mass is 254 g/mol. The minimum absolute atomic E-state index is 0.0416. The molecule has 17 heavy (non-hydrogen) atoms. The van der Waals surface area contributed by atoms with Crippen LogP contribution in [0.5, 0.6) is 0 Å². The summed E-state index contributed by atoms with van der Waals surface area (Å²) in [5.74, 6) is -0.137. The number of amides is 1. The molecule has 1 aromatic rings. The van der Waals surface area contributed by atoms with Gasteiger partial charge in [-0.05, 0) is 18.6 Å². The lowest BCUT2D eigenvalue weighted by atomic mass is 10.0. The van der Waals surface area contributed by atoms with Gasteiger partial charge in [0.05, 0.1) is 5.92 Å². The summed E-state index contributed by atoms with van der Waals surface area (Å²) in [5, 5.41) is 0.681. The summed E-state index contributed by atoms with van der Waals surface area (Å²) < 4.78 is 0. The van der Waals surface area contributed by atoms with E-state index >= 15 is 0 Å². The van der Waals surface area contributed by atoms with E-state index in [9.17, 15) is 4.79 Å². The van der Waals surface area contributed by atoms with E-state index in [-0.39, 0.29) is 17.9 Å². The van der Waals surface area contributed by atoms with E-state index in [1.807, 2.05) is 38.1 Å². The van der Waals surface area contributed by atoms with Gasteiger partial charge in [-0.3, -0.25) is 4.79 Å². The Kier molecular flexibility index (Phi) is 4.97. The Morgan fingerprint density at radius 3 is 2.53 bits per heavy atom. The van der Waals surface area contributed by atoms with Crippen molar-refractivity contribution in [1.82, 2.24) is 4.90 Å². The van der Waals surface area contributed by atoms with Gasteiger partial charge in [-0.2, -0.15) is 0 Å². The van der Waals surface area contributed by atoms with Crippen LogP contribution in [0.3, 0.4) is 0 Å². The van der Waals surface area contributed by atoms with E-state index in [0.29, 0.717) is 11.6 Å². The molecular weight excluding hydrogens is 236 g/mol. The van der Waals surface area contributed by atoms with Crippen LogP contribution in [0.4, 0.5) is 0 Å². The number of rotatable bonds is 4. The van der Waals surface area contributed by atoms with E-state index in [2.05, 4.69) is 0 Å². The summed E-state index contributed by atoms with van der Waals surface area (Å²) in [6, 6.07) is 7.38. The number of benzene rings is 1. The number of hydrogen-bond acceptors (Lipinski definition) is 2. The molecule has 0 aliphatic rings. The summed E-state index contributed by atoms with van der Waals surface area (Å²) in [7, 11) is 1.77. The fraction of sp³-hybridized carbons (Fsp3) is 0.462. The predicted molar refractivity (Wildman–Crippen MR) is 70.7 cm³/mol. The Bertz CT molecular complexity index is 393. The number of hydrogen-bond donors (Lipinski definition) is 1. The van der Waals surface area contributed by atoms with Crippen LogP contribution in [0.15, 0.2) is 24.3 Å². The largest absolute Gasteiger partial charge is 0.341 e. The molecule has 0 fully saturated rings. The van der Waals surface area contributed by atoms with Crippen molar-refractivity contribution in [2.75, 3.05) is 7.05 Å². The Balaban J connectivity index is 2.70. The van der Waals surface area contributed by atoms with Crippen molar-refractivity contribution in [3.63, 3.8) is 0 Å². The van der Waals surface area contributed by atoms with Crippen LogP contribution in [0.25, 0.3) is 0 Å². The Labute approximate surface area is 108 Å². The van der Waals surface area contributed by atoms with Gasteiger partial charge in [0.15, 0.2) is 0 Å². The zero-order chi connectivity index (χ0) is 13.0. The van der Waals surface area contributed by atoms with Crippen LogP contribution >= 0.6 is 11.6 Å². The summed E-state index contributed by atoms with van der Waals surface area (Å²) in [6.07, 6.45) is 0. The first-order chi connectivity index (χ1) is 7.93. The molecule has 0 spiro atoms. The molecule has 0 aliphatic heterocycles. The predicted octanol–water partition coefficient (Wildman–Crippen LogP) is 2.28. The number of nitrogens with zero attached hydrogens (tertiary/aromatic N) is 1. The van der Waals surface area contributed by atoms with Crippen LogP contribution in [-0.2, 0) is 11.3 Å². The minimum atomic E-state index is -0.178. The quantitative estimate of drug-likeness (QED) is 0.896. The molecule has 0 heterocycles. The van der Waals surface area contributed by atoms with Crippen molar-refractivity contribution in [1.29, 1.82) is 0 Å². The van der Waals surface area contributed by atoms with Gasteiger partial charge in [-0.1, -0.05) is 36.7 Å². The van der Waals surface area contributed by atoms with Crippen LogP contribution in [0.1, 0.15) is 19.4 Å². The second-order valence-electron chi connectivity index (χ2n) is 4.43. The van der Waals surface area contributed by atoms with Crippen molar-refractivity contribution in [3.8, 4) is 0 Å². The molecular formula is C13H19ClN2O. The highest BCUT2D eigenvalue weighted by Crippen LogP contribution is 2.17. The molecule has 0 saturated heterocycles. The first-order valence-corrected chi connectivity index (χ1v) is 6.05. The molecule has 1 amide bonds. The third kappa shape index (κ3) is 3.72. The molecule has 2 unspecified atom stereocenters. The molecule has 2 N–H and O–H groups in total. The molecule has 0 bridgehead atoms. The molecule has 1 aromatic carbocycles. The van der Waals surface area contributed by atoms with Crippen LogP contribution in [0.2, 0.25) is 5.02 Å². The van der Waals surface area contributed by atoms with E-state index in [4.69, 9.17) is 17.3 Å². The molecule has 94 valence electrons. The summed E-state index contributed by atoms with van der Waals surface area (Å²) >= 11 is 6.05. The van der Waals surface area contributed by atoms with E-state index in [1.165, 1.54) is 0 Å². The van der Waals surface area contributed by atoms with Gasteiger partial charge in [0.1, 0.15) is 0 Å². The smallest absolute Gasteiger partial charge is 0.226 e.